The molecule has 0 aliphatic heterocycles. The van der Waals surface area contributed by atoms with Gasteiger partial charge in [0, 0.05) is 10.8 Å². The average molecular weight is 692 g/mol. The Morgan fingerprint density at radius 2 is 0.941 bits per heavy atom. The molecule has 0 spiro atoms. The molecule has 0 saturated heterocycles. The van der Waals surface area contributed by atoms with Crippen LogP contribution in [0.5, 0.6) is 0 Å². The van der Waals surface area contributed by atoms with Crippen LogP contribution in [-0.4, -0.2) is 4.57 Å². The summed E-state index contributed by atoms with van der Waals surface area (Å²) in [5.74, 6) is -1.37. The number of nitriles is 2. The van der Waals surface area contributed by atoms with E-state index in [1.54, 1.807) is 34.9 Å². The van der Waals surface area contributed by atoms with Crippen LogP contribution in [0.25, 0.3) is 38.6 Å². The van der Waals surface area contributed by atoms with Crippen LogP contribution in [0.4, 0.5) is 30.7 Å². The molecule has 0 amide bonds. The normalized spacial score (nSPS) is 11.7. The first-order valence-electron chi connectivity index (χ1n) is 15.4. The van der Waals surface area contributed by atoms with Crippen molar-refractivity contribution < 1.29 is 30.7 Å². The number of fused-ring (bicyclic) bond motifs is 6. The Kier molecular flexibility index (Phi) is 9.36. The second kappa shape index (κ2) is 13.9. The van der Waals surface area contributed by atoms with Crippen molar-refractivity contribution in [1.29, 1.82) is 10.5 Å². The smallest absolute Gasteiger partial charge is 0.309 e. The van der Waals surface area contributed by atoms with Crippen molar-refractivity contribution in [3.8, 4) is 29.0 Å². The lowest BCUT2D eigenvalue weighted by atomic mass is 10.1. The predicted molar refractivity (Wildman–Crippen MR) is 181 cm³/mol. The minimum Gasteiger partial charge on any atom is -0.309 e. The molecule has 0 fully saturated rings. The summed E-state index contributed by atoms with van der Waals surface area (Å²) in [6.45, 7) is 0. The summed E-state index contributed by atoms with van der Waals surface area (Å²) in [6.07, 6.45) is -8.21. The highest BCUT2D eigenvalue weighted by atomic mass is 19.4. The first-order valence-corrected chi connectivity index (χ1v) is 15.4. The van der Waals surface area contributed by atoms with Crippen LogP contribution in [0.15, 0.2) is 133 Å². The van der Waals surface area contributed by atoms with E-state index in [4.69, 9.17) is 10.5 Å². The third-order valence-electron chi connectivity index (χ3n) is 8.36. The van der Waals surface area contributed by atoms with Crippen molar-refractivity contribution in [2.24, 2.45) is 0 Å². The van der Waals surface area contributed by atoms with Crippen LogP contribution in [0.2, 0.25) is 0 Å². The first kappa shape index (κ1) is 34.5. The van der Waals surface area contributed by atoms with E-state index in [2.05, 4.69) is 48.5 Å². The Bertz CT molecular complexity index is 2380. The molecule has 51 heavy (non-hydrogen) atoms. The van der Waals surface area contributed by atoms with Crippen LogP contribution in [0.1, 0.15) is 33.4 Å². The van der Waals surface area contributed by atoms with Crippen LogP contribution in [0.3, 0.4) is 0 Å². The van der Waals surface area contributed by atoms with Crippen molar-refractivity contribution in [3.05, 3.63) is 173 Å². The zero-order chi connectivity index (χ0) is 36.3. The van der Waals surface area contributed by atoms with Gasteiger partial charge in [-0.3, -0.25) is 0 Å². The molecule has 1 aliphatic rings. The molecule has 8 rings (SSSR count). The van der Waals surface area contributed by atoms with Crippen molar-refractivity contribution in [2.45, 2.75) is 18.8 Å². The van der Waals surface area contributed by atoms with Gasteiger partial charge >= 0.3 is 12.4 Å². The Labute approximate surface area is 287 Å². The number of nitrogens with zero attached hydrogens (tertiary/aromatic N) is 3. The number of aromatic nitrogens is 1. The minimum atomic E-state index is -4.75. The second-order valence-electron chi connectivity index (χ2n) is 11.5. The molecule has 0 radical (unpaired) electrons. The van der Waals surface area contributed by atoms with Gasteiger partial charge < -0.3 is 4.57 Å². The lowest BCUT2D eigenvalue weighted by Crippen LogP contribution is -2.11. The molecule has 6 aromatic carbocycles. The molecule has 1 aliphatic carbocycles. The predicted octanol–water partition coefficient (Wildman–Crippen LogP) is 11.6. The van der Waals surface area contributed by atoms with E-state index >= 15 is 0 Å². The summed E-state index contributed by atoms with van der Waals surface area (Å²) in [5, 5.41) is 19.0. The Morgan fingerprint density at radius 3 is 1.43 bits per heavy atom. The molecule has 10 heteroatoms. The zero-order valence-corrected chi connectivity index (χ0v) is 26.4. The molecule has 0 unspecified atom stereocenters. The maximum atomic E-state index is 13.6. The average Bonchev–Trinajstić information content (AvgIpc) is 3.67. The zero-order valence-electron chi connectivity index (χ0n) is 26.4. The largest absolute Gasteiger partial charge is 0.419 e. The topological polar surface area (TPSA) is 52.5 Å². The van der Waals surface area contributed by atoms with E-state index in [0.29, 0.717) is 23.2 Å². The van der Waals surface area contributed by atoms with Crippen LogP contribution < -0.4 is 0 Å². The molecule has 252 valence electrons. The Balaban J connectivity index is 0.000000145. The molecule has 3 nitrogen and oxygen atoms in total. The maximum Gasteiger partial charge on any atom is 0.419 e. The van der Waals surface area contributed by atoms with Crippen molar-refractivity contribution >= 4 is 21.8 Å². The summed E-state index contributed by atoms with van der Waals surface area (Å²) in [6, 6.07) is 41.1. The van der Waals surface area contributed by atoms with Crippen LogP contribution in [-0.2, 0) is 18.8 Å². The van der Waals surface area contributed by atoms with E-state index in [-0.39, 0.29) is 16.8 Å². The van der Waals surface area contributed by atoms with Gasteiger partial charge in [0.25, 0.3) is 0 Å². The maximum absolute atomic E-state index is 13.6. The van der Waals surface area contributed by atoms with Gasteiger partial charge in [-0.2, -0.15) is 36.9 Å². The van der Waals surface area contributed by atoms with Crippen LogP contribution in [0, 0.1) is 28.5 Å². The molecule has 0 bridgehead atoms. The highest BCUT2D eigenvalue weighted by Gasteiger charge is 2.35. The standard InChI is InChI=1S/C20H11F3N2.C13H10.C8H3F4N/c21-20(22,23)16-11-13(12-24)9-10-19(16)25-17-7-3-1-5-14(17)15-6-2-4-8-18(15)25;1-3-7-12-10(5-1)9-11-6-2-4-8-13(11)12;9-7-2-1-5(4-13)3-6(7)8(10,11)12/h1-11H;1-8H,9H2;1-3H. The molecule has 7 aromatic rings. The fourth-order valence-corrected chi connectivity index (χ4v) is 6.10. The van der Waals surface area contributed by atoms with E-state index in [9.17, 15) is 30.7 Å². The molecular formula is C41H24F7N3. The summed E-state index contributed by atoms with van der Waals surface area (Å²) in [5.41, 5.74) is 4.69. The highest BCUT2D eigenvalue weighted by Crippen LogP contribution is 2.39. The highest BCUT2D eigenvalue weighted by molar-refractivity contribution is 6.09. The third kappa shape index (κ3) is 7.03. The quantitative estimate of drug-likeness (QED) is 0.161. The van der Waals surface area contributed by atoms with E-state index in [1.807, 2.05) is 24.3 Å². The number of halogens is 7. The van der Waals surface area contributed by atoms with E-state index in [1.165, 1.54) is 40.5 Å². The fraction of sp³-hybridized carbons (Fsp3) is 0.0732. The van der Waals surface area contributed by atoms with Gasteiger partial charge in [0.05, 0.1) is 51.1 Å². The Hall–Kier alpha value is -6.39. The summed E-state index contributed by atoms with van der Waals surface area (Å²) in [4.78, 5) is 0. The number of rotatable bonds is 1. The number of benzene rings is 6. The van der Waals surface area contributed by atoms with Gasteiger partial charge in [0.2, 0.25) is 0 Å². The molecule has 0 N–H and O–H groups in total. The van der Waals surface area contributed by atoms with Crippen LogP contribution >= 0.6 is 0 Å². The third-order valence-corrected chi connectivity index (χ3v) is 8.36. The first-order chi connectivity index (χ1) is 24.4. The lowest BCUT2D eigenvalue weighted by Gasteiger charge is -2.16. The summed E-state index contributed by atoms with van der Waals surface area (Å²) < 4.78 is 91.1. The van der Waals surface area contributed by atoms with Gasteiger partial charge in [-0.05, 0) is 77.2 Å². The molecule has 0 atom stereocenters. The van der Waals surface area contributed by atoms with E-state index in [0.717, 1.165) is 29.3 Å². The van der Waals surface area contributed by atoms with Crippen molar-refractivity contribution in [1.82, 2.24) is 4.57 Å². The van der Waals surface area contributed by atoms with Gasteiger partial charge in [-0.25, -0.2) is 4.39 Å². The fourth-order valence-electron chi connectivity index (χ4n) is 6.10. The number of hydrogen-bond acceptors (Lipinski definition) is 2. The molecule has 1 heterocycles. The second-order valence-corrected chi connectivity index (χ2v) is 11.5. The van der Waals surface area contributed by atoms with Gasteiger partial charge in [0.15, 0.2) is 0 Å². The van der Waals surface area contributed by atoms with Crippen molar-refractivity contribution in [3.63, 3.8) is 0 Å². The number of para-hydroxylation sites is 2. The molecular weight excluding hydrogens is 667 g/mol. The van der Waals surface area contributed by atoms with Gasteiger partial charge in [0.1, 0.15) is 5.82 Å². The molecule has 0 saturated carbocycles. The monoisotopic (exact) mass is 691 g/mol. The Morgan fingerprint density at radius 1 is 0.510 bits per heavy atom. The minimum absolute atomic E-state index is 0.0168. The van der Waals surface area contributed by atoms with E-state index < -0.39 is 29.3 Å². The summed E-state index contributed by atoms with van der Waals surface area (Å²) in [7, 11) is 0. The molecule has 1 aromatic heterocycles. The summed E-state index contributed by atoms with van der Waals surface area (Å²) >= 11 is 0. The van der Waals surface area contributed by atoms with Gasteiger partial charge in [-0.15, -0.1) is 0 Å². The lowest BCUT2D eigenvalue weighted by molar-refractivity contribution is -0.140. The van der Waals surface area contributed by atoms with Crippen molar-refractivity contribution in [2.75, 3.05) is 0 Å². The number of hydrogen-bond donors (Lipinski definition) is 0. The SMILES string of the molecule is N#Cc1ccc(-n2c3ccccc3c3ccccc32)c(C(F)(F)F)c1.N#Cc1ccc(F)c(C(F)(F)F)c1.c1ccc2c(c1)Cc1ccccc1-2. The number of alkyl halides is 6. The van der Waals surface area contributed by atoms with Gasteiger partial charge in [-0.1, -0.05) is 84.9 Å².